The molecule has 34 heavy (non-hydrogen) atoms. The van der Waals surface area contributed by atoms with Gasteiger partial charge in [0.05, 0.1) is 0 Å². The van der Waals surface area contributed by atoms with Gasteiger partial charge in [-0.05, 0) is 74.2 Å². The topological polar surface area (TPSA) is 40.5 Å². The summed E-state index contributed by atoms with van der Waals surface area (Å²) in [4.78, 5) is 17.4. The Bertz CT molecular complexity index is 1070. The Morgan fingerprint density at radius 2 is 1.74 bits per heavy atom. The van der Waals surface area contributed by atoms with Gasteiger partial charge >= 0.3 is 0 Å². The molecule has 1 saturated heterocycles. The number of carbonyl (C=O) groups excluding carboxylic acids is 1. The van der Waals surface area contributed by atoms with Crippen molar-refractivity contribution in [2.24, 2.45) is 5.92 Å². The van der Waals surface area contributed by atoms with Gasteiger partial charge in [-0.25, -0.2) is 4.39 Å². The molecule has 1 fully saturated rings. The largest absolute Gasteiger partial charge is 0.355 e. The van der Waals surface area contributed by atoms with Gasteiger partial charge < -0.3 is 14.8 Å². The van der Waals surface area contributed by atoms with E-state index in [2.05, 4.69) is 63.9 Å². The number of aromatic nitrogens is 1. The van der Waals surface area contributed by atoms with Crippen LogP contribution in [0.4, 0.5) is 4.39 Å². The molecule has 6 heteroatoms. The second-order valence-corrected chi connectivity index (χ2v) is 9.28. The first kappa shape index (κ1) is 24.4. The summed E-state index contributed by atoms with van der Waals surface area (Å²) in [5.74, 6) is 0.108. The zero-order valence-electron chi connectivity index (χ0n) is 20.5. The number of rotatable bonds is 10. The SMILES string of the molecule is CCN(CC)CCNC(=O)C1CCN(Cc2cc3ccccc3n2Cc2ccc(F)cc2)CC1. The second kappa shape index (κ2) is 11.6. The third kappa shape index (κ3) is 6.05. The molecule has 0 spiro atoms. The summed E-state index contributed by atoms with van der Waals surface area (Å²) in [5.41, 5.74) is 3.54. The highest BCUT2D eigenvalue weighted by molar-refractivity contribution is 5.81. The van der Waals surface area contributed by atoms with Gasteiger partial charge in [0.15, 0.2) is 0 Å². The first-order valence-electron chi connectivity index (χ1n) is 12.6. The summed E-state index contributed by atoms with van der Waals surface area (Å²) in [6, 6.07) is 17.5. The number of nitrogens with one attached hydrogen (secondary N) is 1. The average Bonchev–Trinajstić information content (AvgIpc) is 3.20. The number of fused-ring (bicyclic) bond motifs is 1. The van der Waals surface area contributed by atoms with Crippen LogP contribution in [0.5, 0.6) is 0 Å². The van der Waals surface area contributed by atoms with Crippen LogP contribution in [0.15, 0.2) is 54.6 Å². The number of likely N-dealkylation sites (tertiary alicyclic amines) is 1. The van der Waals surface area contributed by atoms with Gasteiger partial charge in [0.25, 0.3) is 0 Å². The smallest absolute Gasteiger partial charge is 0.223 e. The number of piperidine rings is 1. The van der Waals surface area contributed by atoms with Crippen LogP contribution >= 0.6 is 0 Å². The Morgan fingerprint density at radius 3 is 2.44 bits per heavy atom. The molecule has 4 rings (SSSR count). The van der Waals surface area contributed by atoms with Crippen molar-refractivity contribution in [2.45, 2.75) is 39.8 Å². The molecular weight excluding hydrogens is 427 g/mol. The maximum atomic E-state index is 13.4. The fourth-order valence-electron chi connectivity index (χ4n) is 4.96. The van der Waals surface area contributed by atoms with E-state index in [1.165, 1.54) is 28.7 Å². The molecule has 5 nitrogen and oxygen atoms in total. The number of amides is 1. The molecule has 1 aliphatic heterocycles. The highest BCUT2D eigenvalue weighted by Gasteiger charge is 2.25. The highest BCUT2D eigenvalue weighted by Crippen LogP contribution is 2.25. The van der Waals surface area contributed by atoms with Gasteiger partial charge in [-0.1, -0.05) is 44.2 Å². The second-order valence-electron chi connectivity index (χ2n) is 9.28. The summed E-state index contributed by atoms with van der Waals surface area (Å²) < 4.78 is 15.7. The molecule has 1 aliphatic rings. The minimum Gasteiger partial charge on any atom is -0.355 e. The van der Waals surface area contributed by atoms with Crippen molar-refractivity contribution in [1.82, 2.24) is 19.7 Å². The molecule has 0 saturated carbocycles. The summed E-state index contributed by atoms with van der Waals surface area (Å²) in [7, 11) is 0. The molecule has 0 bridgehead atoms. The van der Waals surface area contributed by atoms with Crippen molar-refractivity contribution in [3.63, 3.8) is 0 Å². The van der Waals surface area contributed by atoms with Crippen LogP contribution in [0.3, 0.4) is 0 Å². The van der Waals surface area contributed by atoms with E-state index in [9.17, 15) is 9.18 Å². The lowest BCUT2D eigenvalue weighted by molar-refractivity contribution is -0.126. The number of para-hydroxylation sites is 1. The van der Waals surface area contributed by atoms with E-state index in [0.29, 0.717) is 6.54 Å². The van der Waals surface area contributed by atoms with Crippen LogP contribution in [0.1, 0.15) is 37.9 Å². The van der Waals surface area contributed by atoms with E-state index in [-0.39, 0.29) is 17.6 Å². The van der Waals surface area contributed by atoms with Crippen LogP contribution in [-0.2, 0) is 17.9 Å². The zero-order valence-corrected chi connectivity index (χ0v) is 20.5. The molecule has 1 N–H and O–H groups in total. The molecule has 1 aromatic heterocycles. The van der Waals surface area contributed by atoms with Crippen LogP contribution in [0.25, 0.3) is 10.9 Å². The minimum atomic E-state index is -0.207. The maximum Gasteiger partial charge on any atom is 0.223 e. The first-order chi connectivity index (χ1) is 16.6. The monoisotopic (exact) mass is 464 g/mol. The molecule has 0 unspecified atom stereocenters. The standard InChI is InChI=1S/C28H37FN4O/c1-3-31(4-2)18-15-30-28(34)23-13-16-32(17-14-23)21-26-19-24-7-5-6-8-27(24)33(26)20-22-9-11-25(29)12-10-22/h5-12,19,23H,3-4,13-18,20-21H2,1-2H3,(H,30,34). The van der Waals surface area contributed by atoms with Gasteiger partial charge in [-0.3, -0.25) is 9.69 Å². The fraction of sp³-hybridized carbons (Fsp3) is 0.464. The van der Waals surface area contributed by atoms with Crippen molar-refractivity contribution in [2.75, 3.05) is 39.3 Å². The molecule has 182 valence electrons. The van der Waals surface area contributed by atoms with E-state index in [0.717, 1.165) is 64.2 Å². The number of hydrogen-bond donors (Lipinski definition) is 1. The summed E-state index contributed by atoms with van der Waals surface area (Å²) in [5, 5.41) is 4.37. The fourth-order valence-corrected chi connectivity index (χ4v) is 4.96. The highest BCUT2D eigenvalue weighted by atomic mass is 19.1. The number of likely N-dealkylation sites (N-methyl/N-ethyl adjacent to an activating group) is 1. The molecular formula is C28H37FN4O. The first-order valence-corrected chi connectivity index (χ1v) is 12.6. The van der Waals surface area contributed by atoms with Gasteiger partial charge in [-0.2, -0.15) is 0 Å². The molecule has 0 radical (unpaired) electrons. The third-order valence-electron chi connectivity index (χ3n) is 7.12. The van der Waals surface area contributed by atoms with Crippen molar-refractivity contribution in [3.05, 3.63) is 71.7 Å². The molecule has 3 aromatic rings. The Hall–Kier alpha value is -2.70. The van der Waals surface area contributed by atoms with E-state index in [1.54, 1.807) is 0 Å². The molecule has 0 aliphatic carbocycles. The average molecular weight is 465 g/mol. The summed E-state index contributed by atoms with van der Waals surface area (Å²) in [6.45, 7) is 11.4. The normalized spacial score (nSPS) is 15.3. The predicted molar refractivity (Wildman–Crippen MR) is 136 cm³/mol. The van der Waals surface area contributed by atoms with Gasteiger partial charge in [-0.15, -0.1) is 0 Å². The minimum absolute atomic E-state index is 0.109. The Balaban J connectivity index is 1.36. The lowest BCUT2D eigenvalue weighted by atomic mass is 9.96. The molecule has 0 atom stereocenters. The lowest BCUT2D eigenvalue weighted by Crippen LogP contribution is -2.42. The number of benzene rings is 2. The summed E-state index contributed by atoms with van der Waals surface area (Å²) >= 11 is 0. The van der Waals surface area contributed by atoms with Crippen LogP contribution in [0.2, 0.25) is 0 Å². The number of nitrogens with zero attached hydrogens (tertiary/aromatic N) is 3. The number of carbonyl (C=O) groups is 1. The van der Waals surface area contributed by atoms with Gasteiger partial charge in [0.1, 0.15) is 5.82 Å². The van der Waals surface area contributed by atoms with E-state index < -0.39 is 0 Å². The maximum absolute atomic E-state index is 13.4. The van der Waals surface area contributed by atoms with Crippen molar-refractivity contribution in [1.29, 1.82) is 0 Å². The zero-order chi connectivity index (χ0) is 23.9. The predicted octanol–water partition coefficient (Wildman–Crippen LogP) is 4.50. The quantitative estimate of drug-likeness (QED) is 0.480. The van der Waals surface area contributed by atoms with Gasteiger partial charge in [0, 0.05) is 43.3 Å². The Labute approximate surface area is 202 Å². The lowest BCUT2D eigenvalue weighted by Gasteiger charge is -2.31. The van der Waals surface area contributed by atoms with E-state index in [1.807, 2.05) is 12.1 Å². The van der Waals surface area contributed by atoms with Crippen LogP contribution < -0.4 is 5.32 Å². The Morgan fingerprint density at radius 1 is 1.03 bits per heavy atom. The molecule has 1 amide bonds. The van der Waals surface area contributed by atoms with Crippen LogP contribution in [0, 0.1) is 11.7 Å². The number of halogens is 1. The molecule has 2 aromatic carbocycles. The van der Waals surface area contributed by atoms with Crippen LogP contribution in [-0.4, -0.2) is 59.5 Å². The van der Waals surface area contributed by atoms with E-state index >= 15 is 0 Å². The van der Waals surface area contributed by atoms with Gasteiger partial charge in [0.2, 0.25) is 5.91 Å². The number of hydrogen-bond acceptors (Lipinski definition) is 3. The van der Waals surface area contributed by atoms with E-state index in [4.69, 9.17) is 0 Å². The van der Waals surface area contributed by atoms with Crippen molar-refractivity contribution in [3.8, 4) is 0 Å². The van der Waals surface area contributed by atoms with Crippen molar-refractivity contribution >= 4 is 16.8 Å². The summed E-state index contributed by atoms with van der Waals surface area (Å²) in [6.07, 6.45) is 1.80. The Kier molecular flexibility index (Phi) is 8.35. The molecule has 2 heterocycles. The van der Waals surface area contributed by atoms with Crippen molar-refractivity contribution < 1.29 is 9.18 Å². The third-order valence-corrected chi connectivity index (χ3v) is 7.12.